The number of carbonyl (C=O) groups is 3. The first-order chi connectivity index (χ1) is 18.8. The number of benzene rings is 4. The molecule has 0 N–H and O–H groups in total. The third-order valence-corrected chi connectivity index (χ3v) is 7.26. The Bertz CT molecular complexity index is 1650. The topological polar surface area (TPSA) is 97.4 Å². The molecule has 1 aliphatic heterocycles. The Morgan fingerprint density at radius 2 is 1.46 bits per heavy atom. The van der Waals surface area contributed by atoms with Crippen molar-refractivity contribution in [1.29, 1.82) is 0 Å². The molecule has 8 nitrogen and oxygen atoms in total. The molecule has 2 aliphatic rings. The minimum atomic E-state index is -1.42. The SMILES string of the molecule is COC(=O)[C@]12Cc3c(c(OC(C)=O)c4cc5ccccc5cc4c3OC(C)=O)[C@H](C1)OB(c1ccccc1)O2. The predicted octanol–water partition coefficient (Wildman–Crippen LogP) is 4.18. The van der Waals surface area contributed by atoms with Gasteiger partial charge in [-0.25, -0.2) is 4.79 Å². The summed E-state index contributed by atoms with van der Waals surface area (Å²) in [5, 5.41) is 2.98. The highest BCUT2D eigenvalue weighted by Crippen LogP contribution is 2.54. The summed E-state index contributed by atoms with van der Waals surface area (Å²) in [5.41, 5.74) is 0.350. The molecule has 1 saturated heterocycles. The summed E-state index contributed by atoms with van der Waals surface area (Å²) < 4.78 is 29.7. The molecule has 0 spiro atoms. The van der Waals surface area contributed by atoms with Crippen LogP contribution in [0.3, 0.4) is 0 Å². The average molecular weight is 524 g/mol. The van der Waals surface area contributed by atoms with Crippen molar-refractivity contribution in [2.24, 2.45) is 0 Å². The van der Waals surface area contributed by atoms with Gasteiger partial charge in [-0.2, -0.15) is 0 Å². The van der Waals surface area contributed by atoms with Crippen molar-refractivity contribution in [3.8, 4) is 11.5 Å². The molecule has 0 amide bonds. The van der Waals surface area contributed by atoms with Gasteiger partial charge in [0.15, 0.2) is 5.60 Å². The fraction of sp³-hybridized carbons (Fsp3) is 0.233. The zero-order chi connectivity index (χ0) is 27.3. The van der Waals surface area contributed by atoms with Crippen LogP contribution < -0.4 is 14.9 Å². The van der Waals surface area contributed by atoms with Crippen LogP contribution in [-0.2, 0) is 34.9 Å². The predicted molar refractivity (Wildman–Crippen MR) is 144 cm³/mol. The largest absolute Gasteiger partial charge is 0.495 e. The molecular formula is C30H25BO8. The second-order valence-electron chi connectivity index (χ2n) is 9.83. The molecular weight excluding hydrogens is 499 g/mol. The molecule has 0 unspecified atom stereocenters. The van der Waals surface area contributed by atoms with Gasteiger partial charge in [0.1, 0.15) is 11.5 Å². The zero-order valence-corrected chi connectivity index (χ0v) is 21.7. The van der Waals surface area contributed by atoms with E-state index in [9.17, 15) is 14.4 Å². The molecule has 1 aliphatic carbocycles. The van der Waals surface area contributed by atoms with Crippen LogP contribution in [0.2, 0.25) is 0 Å². The standard InChI is InChI=1S/C30H25BO8/c1-17(32)36-27-22-13-19-9-7-8-10-20(19)14-23(22)28(37-18(2)33)26-24(27)15-30(29(34)35-3)16-25(26)38-31(39-30)21-11-5-4-6-12-21/h4-14,25H,15-16H2,1-3H3/t25-,30-/m0/s1. The Kier molecular flexibility index (Phi) is 6.12. The summed E-state index contributed by atoms with van der Waals surface area (Å²) in [4.78, 5) is 38.1. The van der Waals surface area contributed by atoms with Gasteiger partial charge in [-0.3, -0.25) is 9.59 Å². The van der Waals surface area contributed by atoms with Crippen LogP contribution in [0.1, 0.15) is 37.5 Å². The van der Waals surface area contributed by atoms with Gasteiger partial charge in [0.05, 0.1) is 13.2 Å². The van der Waals surface area contributed by atoms with Gasteiger partial charge in [-0.15, -0.1) is 0 Å². The molecule has 4 aromatic carbocycles. The molecule has 196 valence electrons. The minimum absolute atomic E-state index is 0.0256. The number of ether oxygens (including phenoxy) is 3. The first kappa shape index (κ1) is 25.1. The molecule has 0 saturated carbocycles. The van der Waals surface area contributed by atoms with Crippen LogP contribution in [0.5, 0.6) is 11.5 Å². The maximum absolute atomic E-state index is 13.3. The Labute approximate surface area is 224 Å². The van der Waals surface area contributed by atoms with Gasteiger partial charge in [0, 0.05) is 48.6 Å². The maximum Gasteiger partial charge on any atom is 0.495 e. The van der Waals surface area contributed by atoms with Crippen LogP contribution in [0, 0.1) is 0 Å². The molecule has 2 bridgehead atoms. The fourth-order valence-electron chi connectivity index (χ4n) is 5.71. The van der Waals surface area contributed by atoms with E-state index >= 15 is 0 Å². The van der Waals surface area contributed by atoms with E-state index in [0.717, 1.165) is 16.2 Å². The third-order valence-electron chi connectivity index (χ3n) is 7.26. The lowest BCUT2D eigenvalue weighted by Crippen LogP contribution is -2.59. The van der Waals surface area contributed by atoms with E-state index in [4.69, 9.17) is 23.5 Å². The number of hydrogen-bond donors (Lipinski definition) is 0. The average Bonchev–Trinajstić information content (AvgIpc) is 2.93. The monoisotopic (exact) mass is 524 g/mol. The fourth-order valence-corrected chi connectivity index (χ4v) is 5.71. The summed E-state index contributed by atoms with van der Waals surface area (Å²) in [5.74, 6) is -1.02. The van der Waals surface area contributed by atoms with E-state index in [0.29, 0.717) is 27.6 Å². The number of hydrogen-bond acceptors (Lipinski definition) is 8. The van der Waals surface area contributed by atoms with Gasteiger partial charge in [-0.05, 0) is 28.4 Å². The molecule has 9 heteroatoms. The Hall–Kier alpha value is -4.21. The summed E-state index contributed by atoms with van der Waals surface area (Å²) in [6, 6.07) is 20.8. The van der Waals surface area contributed by atoms with Crippen LogP contribution in [0.15, 0.2) is 66.7 Å². The lowest BCUT2D eigenvalue weighted by Gasteiger charge is -2.46. The van der Waals surface area contributed by atoms with Gasteiger partial charge in [-0.1, -0.05) is 54.6 Å². The van der Waals surface area contributed by atoms with Crippen LogP contribution in [0.25, 0.3) is 21.5 Å². The maximum atomic E-state index is 13.3. The molecule has 1 heterocycles. The van der Waals surface area contributed by atoms with Crippen molar-refractivity contribution in [2.45, 2.75) is 38.4 Å². The summed E-state index contributed by atoms with van der Waals surface area (Å²) in [7, 11) is 0.425. The highest BCUT2D eigenvalue weighted by Gasteiger charge is 2.56. The Balaban J connectivity index is 1.68. The Morgan fingerprint density at radius 3 is 2.08 bits per heavy atom. The molecule has 2 atom stereocenters. The van der Waals surface area contributed by atoms with Crippen LogP contribution in [0.4, 0.5) is 0 Å². The van der Waals surface area contributed by atoms with E-state index < -0.39 is 36.7 Å². The second kappa shape index (κ2) is 9.52. The smallest absolute Gasteiger partial charge is 0.467 e. The van der Waals surface area contributed by atoms with E-state index in [-0.39, 0.29) is 18.6 Å². The number of carbonyl (C=O) groups excluding carboxylic acids is 3. The summed E-state index contributed by atoms with van der Waals surface area (Å²) >= 11 is 0. The molecule has 6 rings (SSSR count). The number of rotatable bonds is 4. The summed E-state index contributed by atoms with van der Waals surface area (Å²) in [6.07, 6.45) is -0.577. The van der Waals surface area contributed by atoms with Gasteiger partial charge >= 0.3 is 25.0 Å². The van der Waals surface area contributed by atoms with Crippen molar-refractivity contribution in [3.63, 3.8) is 0 Å². The van der Waals surface area contributed by atoms with Gasteiger partial charge in [0.2, 0.25) is 0 Å². The number of fused-ring (bicyclic) bond motifs is 6. The quantitative estimate of drug-likeness (QED) is 0.170. The lowest BCUT2D eigenvalue weighted by atomic mass is 9.68. The normalized spacial score (nSPS) is 19.9. The molecule has 0 radical (unpaired) electrons. The Morgan fingerprint density at radius 1 is 0.872 bits per heavy atom. The van der Waals surface area contributed by atoms with Crippen molar-refractivity contribution in [1.82, 2.24) is 0 Å². The summed E-state index contributed by atoms with van der Waals surface area (Å²) in [6.45, 7) is 2.65. The molecule has 0 aromatic heterocycles. The van der Waals surface area contributed by atoms with Crippen molar-refractivity contribution in [3.05, 3.63) is 77.9 Å². The zero-order valence-electron chi connectivity index (χ0n) is 21.7. The first-order valence-corrected chi connectivity index (χ1v) is 12.6. The lowest BCUT2D eigenvalue weighted by molar-refractivity contribution is -0.170. The first-order valence-electron chi connectivity index (χ1n) is 12.6. The van der Waals surface area contributed by atoms with Crippen molar-refractivity contribution >= 4 is 52.0 Å². The van der Waals surface area contributed by atoms with E-state index in [1.165, 1.54) is 21.0 Å². The number of esters is 3. The highest BCUT2D eigenvalue weighted by molar-refractivity contribution is 6.61. The van der Waals surface area contributed by atoms with E-state index in [1.807, 2.05) is 66.7 Å². The van der Waals surface area contributed by atoms with Crippen LogP contribution in [-0.4, -0.2) is 37.7 Å². The second-order valence-corrected chi connectivity index (χ2v) is 9.83. The van der Waals surface area contributed by atoms with Crippen LogP contribution >= 0.6 is 0 Å². The van der Waals surface area contributed by atoms with Gasteiger partial charge in [0.25, 0.3) is 0 Å². The molecule has 4 aromatic rings. The van der Waals surface area contributed by atoms with Gasteiger partial charge < -0.3 is 23.5 Å². The van der Waals surface area contributed by atoms with Crippen molar-refractivity contribution < 1.29 is 37.9 Å². The van der Waals surface area contributed by atoms with E-state index in [2.05, 4.69) is 0 Å². The van der Waals surface area contributed by atoms with Crippen molar-refractivity contribution in [2.75, 3.05) is 7.11 Å². The third kappa shape index (κ3) is 4.24. The minimum Gasteiger partial charge on any atom is -0.467 e. The highest BCUT2D eigenvalue weighted by atomic mass is 16.6. The number of methoxy groups -OCH3 is 1. The molecule has 39 heavy (non-hydrogen) atoms. The van der Waals surface area contributed by atoms with E-state index in [1.54, 1.807) is 0 Å². The molecule has 1 fully saturated rings.